The predicted octanol–water partition coefficient (Wildman–Crippen LogP) is 6.14. The lowest BCUT2D eigenvalue weighted by atomic mass is 9.97. The number of nitrogens with two attached hydrogens (primary N) is 1. The van der Waals surface area contributed by atoms with Gasteiger partial charge in [-0.3, -0.25) is 9.68 Å². The second kappa shape index (κ2) is 27.0. The van der Waals surface area contributed by atoms with Crippen LogP contribution in [0.25, 0.3) is 0 Å². The average molecular weight is 463 g/mol. The van der Waals surface area contributed by atoms with Gasteiger partial charge in [0, 0.05) is 5.54 Å². The lowest BCUT2D eigenvalue weighted by Crippen LogP contribution is -2.31. The maximum Gasteiger partial charge on any atom is 0.0942 e. The Morgan fingerprint density at radius 1 is 0.625 bits per heavy atom. The number of hydrogen-bond donors (Lipinski definition) is 3. The summed E-state index contributed by atoms with van der Waals surface area (Å²) in [5.41, 5.74) is 5.97. The van der Waals surface area contributed by atoms with Crippen molar-refractivity contribution < 1.29 is 19.9 Å². The van der Waals surface area contributed by atoms with Crippen LogP contribution in [0.15, 0.2) is 0 Å². The molecule has 0 amide bonds. The number of nitrogens with zero attached hydrogens (tertiary/aromatic N) is 1. The van der Waals surface area contributed by atoms with E-state index in [1.54, 1.807) is 0 Å². The maximum atomic E-state index is 8.65. The van der Waals surface area contributed by atoms with E-state index >= 15 is 0 Å². The molecule has 0 bridgehead atoms. The van der Waals surface area contributed by atoms with Gasteiger partial charge in [-0.05, 0) is 26.7 Å². The van der Waals surface area contributed by atoms with Crippen LogP contribution in [0.4, 0.5) is 0 Å². The smallest absolute Gasteiger partial charge is 0.0942 e. The molecule has 0 heterocycles. The monoisotopic (exact) mass is 462 g/mol. The van der Waals surface area contributed by atoms with Crippen molar-refractivity contribution in [3.63, 3.8) is 0 Å². The minimum atomic E-state index is -0.0323. The van der Waals surface area contributed by atoms with Gasteiger partial charge in [-0.2, -0.15) is 0 Å². The van der Waals surface area contributed by atoms with Crippen LogP contribution in [0.2, 0.25) is 0 Å². The van der Waals surface area contributed by atoms with E-state index in [1.807, 2.05) is 0 Å². The highest BCUT2D eigenvalue weighted by Crippen LogP contribution is 2.14. The molecule has 0 unspecified atom stereocenters. The van der Waals surface area contributed by atoms with E-state index in [4.69, 9.17) is 25.6 Å². The van der Waals surface area contributed by atoms with E-state index < -0.39 is 0 Å². The van der Waals surface area contributed by atoms with Crippen LogP contribution < -0.4 is 5.73 Å². The molecule has 0 saturated heterocycles. The van der Waals surface area contributed by atoms with Crippen molar-refractivity contribution in [3.05, 3.63) is 0 Å². The number of unbranched alkanes of at least 4 members (excludes halogenated alkanes) is 13. The van der Waals surface area contributed by atoms with Crippen LogP contribution in [0, 0.1) is 0 Å². The minimum absolute atomic E-state index is 0.0323. The topological polar surface area (TPSA) is 88.2 Å². The standard InChI is InChI=1S/C14H31N.C12H27NO4/c1-4-5-6-7-8-9-10-11-12-13-14(2,3)15;1-2-3-4-5-6-7-8-13(16-11-9-14)17-12-10-15/h4-13,15H2,1-3H3;14-15H,2-12H2,1H3. The molecular formula is C26H58N2O4. The molecule has 0 radical (unpaired) electrons. The minimum Gasteiger partial charge on any atom is -0.394 e. The lowest BCUT2D eigenvalue weighted by Gasteiger charge is -2.20. The third-order valence-corrected chi connectivity index (χ3v) is 5.27. The Balaban J connectivity index is 0. The fraction of sp³-hybridized carbons (Fsp3) is 1.00. The zero-order valence-corrected chi connectivity index (χ0v) is 22.1. The highest BCUT2D eigenvalue weighted by atomic mass is 16.9. The molecule has 6 heteroatoms. The first kappa shape index (κ1) is 33.9. The Bertz CT molecular complexity index is 330. The van der Waals surface area contributed by atoms with Crippen LogP contribution in [0.1, 0.15) is 130 Å². The van der Waals surface area contributed by atoms with E-state index in [9.17, 15) is 0 Å². The molecule has 196 valence electrons. The molecule has 0 aliphatic rings. The summed E-state index contributed by atoms with van der Waals surface area (Å²) in [5, 5.41) is 18.7. The van der Waals surface area contributed by atoms with E-state index in [0.29, 0.717) is 6.54 Å². The molecule has 0 fully saturated rings. The Morgan fingerprint density at radius 3 is 1.38 bits per heavy atom. The van der Waals surface area contributed by atoms with Gasteiger partial charge < -0.3 is 15.9 Å². The summed E-state index contributed by atoms with van der Waals surface area (Å²) in [7, 11) is 0. The summed E-state index contributed by atoms with van der Waals surface area (Å²) >= 11 is 0. The third-order valence-electron chi connectivity index (χ3n) is 5.27. The summed E-state index contributed by atoms with van der Waals surface area (Å²) in [6.45, 7) is 9.77. The largest absolute Gasteiger partial charge is 0.394 e. The molecule has 0 rings (SSSR count). The van der Waals surface area contributed by atoms with Crippen molar-refractivity contribution in [2.45, 2.75) is 136 Å². The summed E-state index contributed by atoms with van der Waals surface area (Å²) in [4.78, 5) is 10.3. The van der Waals surface area contributed by atoms with Crippen molar-refractivity contribution in [2.75, 3.05) is 33.0 Å². The Hall–Kier alpha value is -0.240. The quantitative estimate of drug-likeness (QED) is 0.125. The van der Waals surface area contributed by atoms with Gasteiger partial charge in [0.15, 0.2) is 0 Å². The van der Waals surface area contributed by atoms with E-state index in [2.05, 4.69) is 27.7 Å². The van der Waals surface area contributed by atoms with Crippen molar-refractivity contribution in [2.24, 2.45) is 5.73 Å². The molecule has 0 spiro atoms. The first-order valence-corrected chi connectivity index (χ1v) is 13.4. The van der Waals surface area contributed by atoms with Gasteiger partial charge >= 0.3 is 0 Å². The van der Waals surface area contributed by atoms with Crippen LogP contribution in [0.3, 0.4) is 0 Å². The maximum absolute atomic E-state index is 8.65. The number of hydroxylamine groups is 2. The number of rotatable bonds is 23. The molecule has 32 heavy (non-hydrogen) atoms. The van der Waals surface area contributed by atoms with Crippen molar-refractivity contribution in [1.29, 1.82) is 0 Å². The molecule has 0 aromatic rings. The van der Waals surface area contributed by atoms with Crippen molar-refractivity contribution in [1.82, 2.24) is 5.23 Å². The van der Waals surface area contributed by atoms with E-state index in [0.717, 1.165) is 12.8 Å². The first-order chi connectivity index (χ1) is 15.4. The molecule has 0 aromatic carbocycles. The third kappa shape index (κ3) is 31.9. The normalized spacial score (nSPS) is 11.6. The van der Waals surface area contributed by atoms with E-state index in [1.165, 1.54) is 95.1 Å². The predicted molar refractivity (Wildman–Crippen MR) is 136 cm³/mol. The van der Waals surface area contributed by atoms with Crippen LogP contribution in [0.5, 0.6) is 0 Å². The molecule has 0 aromatic heterocycles. The zero-order chi connectivity index (χ0) is 24.3. The highest BCUT2D eigenvalue weighted by molar-refractivity contribution is 4.70. The van der Waals surface area contributed by atoms with Gasteiger partial charge in [0.05, 0.1) is 33.0 Å². The van der Waals surface area contributed by atoms with Crippen molar-refractivity contribution in [3.8, 4) is 0 Å². The molecule has 0 atom stereocenters. The van der Waals surface area contributed by atoms with Crippen LogP contribution in [-0.4, -0.2) is 54.0 Å². The van der Waals surface area contributed by atoms with Gasteiger partial charge in [0.2, 0.25) is 0 Å². The summed E-state index contributed by atoms with van der Waals surface area (Å²) in [6.07, 6.45) is 21.0. The van der Waals surface area contributed by atoms with Gasteiger partial charge in [0.25, 0.3) is 0 Å². The molecule has 0 aliphatic carbocycles. The molecule has 0 aliphatic heterocycles. The second-order valence-corrected chi connectivity index (χ2v) is 9.50. The lowest BCUT2D eigenvalue weighted by molar-refractivity contribution is -0.371. The number of aliphatic hydroxyl groups excluding tert-OH is 2. The van der Waals surface area contributed by atoms with Gasteiger partial charge in [-0.15, -0.1) is 0 Å². The second-order valence-electron chi connectivity index (χ2n) is 9.50. The molecule has 0 saturated carbocycles. The fourth-order valence-corrected chi connectivity index (χ4v) is 3.36. The zero-order valence-electron chi connectivity index (χ0n) is 22.1. The van der Waals surface area contributed by atoms with Crippen molar-refractivity contribution >= 4 is 0 Å². The SMILES string of the molecule is CCCCCCCCCCCC(C)(C)N.CCCCCCCCN(OCCO)OCCO. The average Bonchev–Trinajstić information content (AvgIpc) is 2.76. The Kier molecular flexibility index (Phi) is 28.6. The van der Waals surface area contributed by atoms with Crippen LogP contribution in [-0.2, 0) is 9.68 Å². The number of aliphatic hydroxyl groups is 2. The van der Waals surface area contributed by atoms with Crippen LogP contribution >= 0.6 is 0 Å². The van der Waals surface area contributed by atoms with Gasteiger partial charge in [0.1, 0.15) is 0 Å². The summed E-state index contributed by atoms with van der Waals surface area (Å²) in [5.74, 6) is 0. The Labute approximate surface area is 200 Å². The number of hydrogen-bond acceptors (Lipinski definition) is 6. The molecular weight excluding hydrogens is 404 g/mol. The highest BCUT2D eigenvalue weighted by Gasteiger charge is 2.08. The van der Waals surface area contributed by atoms with E-state index in [-0.39, 0.29) is 32.0 Å². The molecule has 6 nitrogen and oxygen atoms in total. The van der Waals surface area contributed by atoms with Gasteiger partial charge in [-0.25, -0.2) is 0 Å². The fourth-order valence-electron chi connectivity index (χ4n) is 3.36. The Morgan fingerprint density at radius 2 is 1.00 bits per heavy atom. The molecule has 4 N–H and O–H groups in total. The first-order valence-electron chi connectivity index (χ1n) is 13.4. The van der Waals surface area contributed by atoms with Gasteiger partial charge in [-0.1, -0.05) is 109 Å². The summed E-state index contributed by atoms with van der Waals surface area (Å²) < 4.78 is 0. The summed E-state index contributed by atoms with van der Waals surface area (Å²) in [6, 6.07) is 0.